The quantitative estimate of drug-likeness (QED) is 0.480. The molecule has 1 heterocycles. The van der Waals surface area contributed by atoms with Crippen LogP contribution in [-0.4, -0.2) is 44.3 Å². The van der Waals surface area contributed by atoms with Gasteiger partial charge in [-0.05, 0) is 38.0 Å². The van der Waals surface area contributed by atoms with Gasteiger partial charge in [0.25, 0.3) is 5.91 Å². The van der Waals surface area contributed by atoms with Gasteiger partial charge in [0.05, 0.1) is 6.61 Å². The van der Waals surface area contributed by atoms with E-state index in [1.54, 1.807) is 25.1 Å². The standard InChI is InChI=1S/C18H24N2O6/c1-2-24-17(22)11-20-16(21)6-4-3-5-9-19-18(23)13-7-8-14-15(10-13)26-12-25-14/h7-8,10H,2-6,9,11-12H2,1H3,(H,19,23)(H,20,21). The summed E-state index contributed by atoms with van der Waals surface area (Å²) in [6.07, 6.45) is 2.60. The van der Waals surface area contributed by atoms with E-state index in [-0.39, 0.29) is 25.2 Å². The number of carbonyl (C=O) groups excluding carboxylic acids is 3. The average Bonchev–Trinajstić information content (AvgIpc) is 3.10. The van der Waals surface area contributed by atoms with E-state index in [1.807, 2.05) is 0 Å². The molecule has 1 aromatic rings. The number of hydrogen-bond acceptors (Lipinski definition) is 6. The van der Waals surface area contributed by atoms with E-state index in [2.05, 4.69) is 10.6 Å². The van der Waals surface area contributed by atoms with Gasteiger partial charge in [0.2, 0.25) is 12.7 Å². The smallest absolute Gasteiger partial charge is 0.325 e. The maximum Gasteiger partial charge on any atom is 0.325 e. The lowest BCUT2D eigenvalue weighted by molar-refractivity contribution is -0.143. The Labute approximate surface area is 152 Å². The van der Waals surface area contributed by atoms with Crippen molar-refractivity contribution in [2.45, 2.75) is 32.6 Å². The Morgan fingerprint density at radius 2 is 1.88 bits per heavy atom. The number of esters is 1. The molecule has 0 spiro atoms. The fourth-order valence-electron chi connectivity index (χ4n) is 2.40. The van der Waals surface area contributed by atoms with Crippen molar-refractivity contribution in [2.24, 2.45) is 0 Å². The molecule has 1 aliphatic heterocycles. The van der Waals surface area contributed by atoms with Crippen LogP contribution in [0, 0.1) is 0 Å². The number of carbonyl (C=O) groups is 3. The molecular formula is C18H24N2O6. The molecule has 2 amide bonds. The van der Waals surface area contributed by atoms with E-state index < -0.39 is 5.97 Å². The molecule has 0 atom stereocenters. The number of benzene rings is 1. The second-order valence-electron chi connectivity index (χ2n) is 5.72. The van der Waals surface area contributed by atoms with Crippen LogP contribution in [0.15, 0.2) is 18.2 Å². The molecule has 0 aromatic heterocycles. The minimum Gasteiger partial charge on any atom is -0.465 e. The number of hydrogen-bond donors (Lipinski definition) is 2. The summed E-state index contributed by atoms with van der Waals surface area (Å²) >= 11 is 0. The van der Waals surface area contributed by atoms with Crippen LogP contribution in [0.1, 0.15) is 43.0 Å². The Kier molecular flexibility index (Phi) is 7.73. The monoisotopic (exact) mass is 364 g/mol. The zero-order chi connectivity index (χ0) is 18.8. The predicted molar refractivity (Wildman–Crippen MR) is 93.0 cm³/mol. The fourth-order valence-corrected chi connectivity index (χ4v) is 2.40. The van der Waals surface area contributed by atoms with Crippen LogP contribution in [0.25, 0.3) is 0 Å². The first kappa shape index (κ1) is 19.6. The molecule has 0 saturated carbocycles. The van der Waals surface area contributed by atoms with Crippen LogP contribution in [0.2, 0.25) is 0 Å². The van der Waals surface area contributed by atoms with Gasteiger partial charge in [-0.3, -0.25) is 14.4 Å². The van der Waals surface area contributed by atoms with Gasteiger partial charge in [-0.15, -0.1) is 0 Å². The highest BCUT2D eigenvalue weighted by Crippen LogP contribution is 2.32. The van der Waals surface area contributed by atoms with Gasteiger partial charge in [-0.1, -0.05) is 6.42 Å². The third kappa shape index (κ3) is 6.27. The molecule has 0 fully saturated rings. The van der Waals surface area contributed by atoms with E-state index in [1.165, 1.54) is 0 Å². The number of ether oxygens (including phenoxy) is 3. The van der Waals surface area contributed by atoms with Gasteiger partial charge in [0.1, 0.15) is 6.54 Å². The number of fused-ring (bicyclic) bond motifs is 1. The van der Waals surface area contributed by atoms with Crippen molar-refractivity contribution in [3.8, 4) is 11.5 Å². The molecule has 1 aliphatic rings. The first-order chi connectivity index (χ1) is 12.6. The average molecular weight is 364 g/mol. The molecule has 0 bridgehead atoms. The Bertz CT molecular complexity index is 647. The molecule has 0 radical (unpaired) electrons. The van der Waals surface area contributed by atoms with Crippen molar-refractivity contribution in [1.29, 1.82) is 0 Å². The Hall–Kier alpha value is -2.77. The molecular weight excluding hydrogens is 340 g/mol. The van der Waals surface area contributed by atoms with Gasteiger partial charge >= 0.3 is 5.97 Å². The Morgan fingerprint density at radius 1 is 1.08 bits per heavy atom. The fraction of sp³-hybridized carbons (Fsp3) is 0.500. The molecule has 26 heavy (non-hydrogen) atoms. The molecule has 0 aliphatic carbocycles. The molecule has 1 aromatic carbocycles. The highest BCUT2D eigenvalue weighted by molar-refractivity contribution is 5.94. The minimum atomic E-state index is -0.438. The highest BCUT2D eigenvalue weighted by atomic mass is 16.7. The van der Waals surface area contributed by atoms with Crippen LogP contribution in [0.3, 0.4) is 0 Å². The zero-order valence-electron chi connectivity index (χ0n) is 14.8. The zero-order valence-corrected chi connectivity index (χ0v) is 14.8. The summed E-state index contributed by atoms with van der Waals surface area (Å²) in [5.74, 6) is 0.430. The predicted octanol–water partition coefficient (Wildman–Crippen LogP) is 1.38. The number of amides is 2. The van der Waals surface area contributed by atoms with E-state index in [9.17, 15) is 14.4 Å². The topological polar surface area (TPSA) is 103 Å². The highest BCUT2D eigenvalue weighted by Gasteiger charge is 2.15. The number of unbranched alkanes of at least 4 members (excludes halogenated alkanes) is 2. The summed E-state index contributed by atoms with van der Waals surface area (Å²) in [5.41, 5.74) is 0.521. The molecule has 142 valence electrons. The second-order valence-corrected chi connectivity index (χ2v) is 5.72. The van der Waals surface area contributed by atoms with Crippen molar-refractivity contribution in [1.82, 2.24) is 10.6 Å². The van der Waals surface area contributed by atoms with Crippen molar-refractivity contribution in [2.75, 3.05) is 26.5 Å². The van der Waals surface area contributed by atoms with Crippen molar-refractivity contribution >= 4 is 17.8 Å². The Morgan fingerprint density at radius 3 is 2.69 bits per heavy atom. The molecule has 8 nitrogen and oxygen atoms in total. The van der Waals surface area contributed by atoms with Gasteiger partial charge in [0.15, 0.2) is 11.5 Å². The lowest BCUT2D eigenvalue weighted by atomic mass is 10.1. The minimum absolute atomic E-state index is 0.0989. The normalized spacial score (nSPS) is 11.7. The summed E-state index contributed by atoms with van der Waals surface area (Å²) < 4.78 is 15.2. The van der Waals surface area contributed by atoms with Gasteiger partial charge in [-0.25, -0.2) is 0 Å². The third-order valence-electron chi connectivity index (χ3n) is 3.74. The molecule has 2 N–H and O–H groups in total. The molecule has 2 rings (SSSR count). The summed E-state index contributed by atoms with van der Waals surface area (Å²) in [6.45, 7) is 2.61. The largest absolute Gasteiger partial charge is 0.465 e. The van der Waals surface area contributed by atoms with E-state index in [0.29, 0.717) is 43.1 Å². The van der Waals surface area contributed by atoms with E-state index >= 15 is 0 Å². The maximum absolute atomic E-state index is 12.1. The van der Waals surface area contributed by atoms with Crippen LogP contribution >= 0.6 is 0 Å². The third-order valence-corrected chi connectivity index (χ3v) is 3.74. The first-order valence-corrected chi connectivity index (χ1v) is 8.70. The Balaban J connectivity index is 1.54. The lowest BCUT2D eigenvalue weighted by Gasteiger charge is -2.07. The van der Waals surface area contributed by atoms with Gasteiger partial charge in [0, 0.05) is 18.5 Å². The van der Waals surface area contributed by atoms with Crippen LogP contribution < -0.4 is 20.1 Å². The number of rotatable bonds is 10. The summed E-state index contributed by atoms with van der Waals surface area (Å²) in [6, 6.07) is 5.06. The summed E-state index contributed by atoms with van der Waals surface area (Å²) in [7, 11) is 0. The van der Waals surface area contributed by atoms with Crippen LogP contribution in [0.4, 0.5) is 0 Å². The maximum atomic E-state index is 12.1. The number of nitrogens with one attached hydrogen (secondary N) is 2. The van der Waals surface area contributed by atoms with Gasteiger partial charge < -0.3 is 24.8 Å². The lowest BCUT2D eigenvalue weighted by Crippen LogP contribution is -2.30. The molecule has 8 heteroatoms. The van der Waals surface area contributed by atoms with Crippen LogP contribution in [-0.2, 0) is 14.3 Å². The molecule has 0 unspecified atom stereocenters. The first-order valence-electron chi connectivity index (χ1n) is 8.70. The second kappa shape index (κ2) is 10.3. The van der Waals surface area contributed by atoms with Crippen molar-refractivity contribution in [3.05, 3.63) is 23.8 Å². The molecule has 0 saturated heterocycles. The van der Waals surface area contributed by atoms with E-state index in [4.69, 9.17) is 14.2 Å². The SMILES string of the molecule is CCOC(=O)CNC(=O)CCCCCNC(=O)c1ccc2c(c1)OCO2. The van der Waals surface area contributed by atoms with Crippen molar-refractivity contribution < 1.29 is 28.6 Å². The van der Waals surface area contributed by atoms with Crippen molar-refractivity contribution in [3.63, 3.8) is 0 Å². The van der Waals surface area contributed by atoms with Crippen LogP contribution in [0.5, 0.6) is 11.5 Å². The van der Waals surface area contributed by atoms with E-state index in [0.717, 1.165) is 12.8 Å². The van der Waals surface area contributed by atoms with Gasteiger partial charge in [-0.2, -0.15) is 0 Å². The summed E-state index contributed by atoms with van der Waals surface area (Å²) in [4.78, 5) is 34.7. The summed E-state index contributed by atoms with van der Waals surface area (Å²) in [5, 5.41) is 5.35.